The fraction of sp³-hybridized carbons (Fsp3) is 0.290. The standard InChI is InChI=1S/C31H32N2O9S/c1-4-24(31(35)32-21-10-12-22(13-11-21)43(36,37)33-15-17-40-18-16-33)41-30-28(34)23-7-5-6-8-25(23)42-29(30)20-9-14-26(38-2)27(19-20)39-3/h5-14,19,24H,4,15-18H2,1-3H3,(H,32,35). The van der Waals surface area contributed by atoms with E-state index in [1.165, 1.54) is 42.8 Å². The summed E-state index contributed by atoms with van der Waals surface area (Å²) < 4.78 is 55.5. The van der Waals surface area contributed by atoms with Crippen LogP contribution >= 0.6 is 0 Å². The van der Waals surface area contributed by atoms with Crippen LogP contribution in [0.25, 0.3) is 22.3 Å². The number of carbonyl (C=O) groups excluding carboxylic acids is 1. The van der Waals surface area contributed by atoms with Gasteiger partial charge in [0.1, 0.15) is 5.58 Å². The number of rotatable bonds is 10. The van der Waals surface area contributed by atoms with Gasteiger partial charge in [0.25, 0.3) is 5.91 Å². The van der Waals surface area contributed by atoms with Gasteiger partial charge in [0, 0.05) is 24.3 Å². The summed E-state index contributed by atoms with van der Waals surface area (Å²) in [6.07, 6.45) is -0.841. The predicted octanol–water partition coefficient (Wildman–Crippen LogP) is 4.29. The molecule has 1 saturated heterocycles. The van der Waals surface area contributed by atoms with Crippen LogP contribution in [0.3, 0.4) is 0 Å². The van der Waals surface area contributed by atoms with Crippen LogP contribution in [0, 0.1) is 0 Å². The first kappa shape index (κ1) is 30.1. The second-order valence-corrected chi connectivity index (χ2v) is 11.6. The molecule has 0 saturated carbocycles. The minimum atomic E-state index is -3.68. The molecule has 11 nitrogen and oxygen atoms in total. The van der Waals surface area contributed by atoms with Crippen molar-refractivity contribution >= 4 is 32.6 Å². The van der Waals surface area contributed by atoms with E-state index in [-0.39, 0.29) is 35.9 Å². The predicted molar refractivity (Wildman–Crippen MR) is 160 cm³/mol. The van der Waals surface area contributed by atoms with E-state index in [0.29, 0.717) is 46.9 Å². The van der Waals surface area contributed by atoms with E-state index in [1.807, 2.05) is 0 Å². The number of para-hydroxylation sites is 1. The Morgan fingerprint density at radius 2 is 1.67 bits per heavy atom. The fourth-order valence-corrected chi connectivity index (χ4v) is 6.14. The number of methoxy groups -OCH3 is 2. The summed E-state index contributed by atoms with van der Waals surface area (Å²) in [6, 6.07) is 17.7. The number of morpholine rings is 1. The quantitative estimate of drug-likeness (QED) is 0.280. The number of nitrogens with one attached hydrogen (secondary N) is 1. The van der Waals surface area contributed by atoms with E-state index in [0.717, 1.165) is 0 Å². The zero-order valence-corrected chi connectivity index (χ0v) is 24.8. The molecule has 1 aromatic heterocycles. The third kappa shape index (κ3) is 6.21. The zero-order chi connectivity index (χ0) is 30.6. The Morgan fingerprint density at radius 3 is 2.35 bits per heavy atom. The lowest BCUT2D eigenvalue weighted by Gasteiger charge is -2.26. The summed E-state index contributed by atoms with van der Waals surface area (Å²) in [7, 11) is -0.664. The molecule has 1 N–H and O–H groups in total. The molecule has 43 heavy (non-hydrogen) atoms. The number of ether oxygens (including phenoxy) is 4. The van der Waals surface area contributed by atoms with Crippen molar-refractivity contribution in [3.05, 3.63) is 77.0 Å². The molecule has 1 unspecified atom stereocenters. The second-order valence-electron chi connectivity index (χ2n) is 9.70. The van der Waals surface area contributed by atoms with Crippen molar-refractivity contribution in [2.75, 3.05) is 45.8 Å². The van der Waals surface area contributed by atoms with Crippen LogP contribution in [0.5, 0.6) is 17.2 Å². The number of nitrogens with zero attached hydrogens (tertiary/aromatic N) is 1. The maximum Gasteiger partial charge on any atom is 0.265 e. The molecule has 1 atom stereocenters. The number of fused-ring (bicyclic) bond motifs is 1. The van der Waals surface area contributed by atoms with Crippen molar-refractivity contribution in [1.29, 1.82) is 0 Å². The maximum absolute atomic E-state index is 13.7. The third-order valence-corrected chi connectivity index (χ3v) is 8.97. The number of benzene rings is 3. The van der Waals surface area contributed by atoms with Gasteiger partial charge in [-0.3, -0.25) is 9.59 Å². The maximum atomic E-state index is 13.7. The molecule has 4 aromatic rings. The summed E-state index contributed by atoms with van der Waals surface area (Å²) in [6.45, 7) is 3.00. The third-order valence-electron chi connectivity index (χ3n) is 7.05. The van der Waals surface area contributed by atoms with E-state index in [1.54, 1.807) is 49.4 Å². The van der Waals surface area contributed by atoms with Crippen molar-refractivity contribution in [3.8, 4) is 28.6 Å². The van der Waals surface area contributed by atoms with Crippen LogP contribution in [0.15, 0.2) is 80.8 Å². The molecule has 0 spiro atoms. The summed E-state index contributed by atoms with van der Waals surface area (Å²) in [5.74, 6) is 0.405. The molecule has 2 heterocycles. The first-order valence-corrected chi connectivity index (χ1v) is 15.1. The molecular weight excluding hydrogens is 576 g/mol. The topological polar surface area (TPSA) is 134 Å². The van der Waals surface area contributed by atoms with Gasteiger partial charge in [-0.15, -0.1) is 0 Å². The molecular formula is C31H32N2O9S. The average Bonchev–Trinajstić information content (AvgIpc) is 3.04. The lowest BCUT2D eigenvalue weighted by Crippen LogP contribution is -2.40. The van der Waals surface area contributed by atoms with Gasteiger partial charge in [0.2, 0.25) is 21.2 Å². The van der Waals surface area contributed by atoms with Crippen molar-refractivity contribution in [2.24, 2.45) is 0 Å². The van der Waals surface area contributed by atoms with Crippen LogP contribution in [-0.2, 0) is 19.6 Å². The molecule has 1 aliphatic rings. The Balaban J connectivity index is 1.43. The molecule has 1 aliphatic heterocycles. The van der Waals surface area contributed by atoms with E-state index in [9.17, 15) is 18.0 Å². The molecule has 0 radical (unpaired) electrons. The van der Waals surface area contributed by atoms with Gasteiger partial charge in [-0.05, 0) is 61.0 Å². The Bertz CT molecular complexity index is 1780. The molecule has 12 heteroatoms. The zero-order valence-electron chi connectivity index (χ0n) is 24.0. The minimum Gasteiger partial charge on any atom is -0.493 e. The number of carbonyl (C=O) groups is 1. The van der Waals surface area contributed by atoms with Gasteiger partial charge in [0.15, 0.2) is 23.4 Å². The molecule has 1 amide bonds. The highest BCUT2D eigenvalue weighted by atomic mass is 32.2. The van der Waals surface area contributed by atoms with E-state index >= 15 is 0 Å². The van der Waals surface area contributed by atoms with E-state index < -0.39 is 27.5 Å². The van der Waals surface area contributed by atoms with Gasteiger partial charge in [-0.2, -0.15) is 4.31 Å². The van der Waals surface area contributed by atoms with Gasteiger partial charge in [0.05, 0.1) is 37.7 Å². The van der Waals surface area contributed by atoms with Crippen LogP contribution in [-0.4, -0.2) is 65.3 Å². The Morgan fingerprint density at radius 1 is 0.977 bits per heavy atom. The van der Waals surface area contributed by atoms with E-state index in [2.05, 4.69) is 5.32 Å². The highest BCUT2D eigenvalue weighted by Gasteiger charge is 2.28. The number of anilines is 1. The van der Waals surface area contributed by atoms with Crippen molar-refractivity contribution in [1.82, 2.24) is 4.31 Å². The Labute approximate surface area is 249 Å². The first-order chi connectivity index (χ1) is 20.8. The molecule has 0 aliphatic carbocycles. The normalized spacial score (nSPS) is 14.7. The smallest absolute Gasteiger partial charge is 0.265 e. The summed E-state index contributed by atoms with van der Waals surface area (Å²) in [4.78, 5) is 27.1. The minimum absolute atomic E-state index is 0.115. The Kier molecular flexibility index (Phi) is 9.00. The van der Waals surface area contributed by atoms with Crippen LogP contribution in [0.1, 0.15) is 13.3 Å². The average molecular weight is 609 g/mol. The molecule has 3 aromatic carbocycles. The van der Waals surface area contributed by atoms with Gasteiger partial charge < -0.3 is 28.7 Å². The van der Waals surface area contributed by atoms with Gasteiger partial charge >= 0.3 is 0 Å². The van der Waals surface area contributed by atoms with Gasteiger partial charge in [-0.1, -0.05) is 19.1 Å². The Hall–Kier alpha value is -4.39. The van der Waals surface area contributed by atoms with Crippen LogP contribution < -0.4 is 25.0 Å². The lowest BCUT2D eigenvalue weighted by atomic mass is 10.1. The summed E-state index contributed by atoms with van der Waals surface area (Å²) in [5.41, 5.74) is 0.784. The first-order valence-electron chi connectivity index (χ1n) is 13.7. The summed E-state index contributed by atoms with van der Waals surface area (Å²) in [5, 5.41) is 3.06. The molecule has 5 rings (SSSR count). The summed E-state index contributed by atoms with van der Waals surface area (Å²) >= 11 is 0. The highest BCUT2D eigenvalue weighted by Crippen LogP contribution is 2.37. The molecule has 0 bridgehead atoms. The van der Waals surface area contributed by atoms with Crippen molar-refractivity contribution < 1.29 is 36.6 Å². The van der Waals surface area contributed by atoms with Crippen molar-refractivity contribution in [3.63, 3.8) is 0 Å². The number of amides is 1. The highest BCUT2D eigenvalue weighted by molar-refractivity contribution is 7.89. The monoisotopic (exact) mass is 608 g/mol. The fourth-order valence-electron chi connectivity index (χ4n) is 4.73. The largest absolute Gasteiger partial charge is 0.493 e. The second kappa shape index (κ2) is 12.9. The van der Waals surface area contributed by atoms with Crippen molar-refractivity contribution in [2.45, 2.75) is 24.3 Å². The molecule has 1 fully saturated rings. The molecule has 226 valence electrons. The van der Waals surface area contributed by atoms with Crippen LogP contribution in [0.2, 0.25) is 0 Å². The number of hydrogen-bond acceptors (Lipinski definition) is 9. The number of hydrogen-bond donors (Lipinski definition) is 1. The number of sulfonamides is 1. The van der Waals surface area contributed by atoms with Crippen LogP contribution in [0.4, 0.5) is 5.69 Å². The SMILES string of the molecule is CCC(Oc1c(-c2ccc(OC)c(OC)c2)oc2ccccc2c1=O)C(=O)Nc1ccc(S(=O)(=O)N2CCOCC2)cc1. The lowest BCUT2D eigenvalue weighted by molar-refractivity contribution is -0.122. The van der Waals surface area contributed by atoms with Gasteiger partial charge in [-0.25, -0.2) is 8.42 Å². The van der Waals surface area contributed by atoms with E-state index in [4.69, 9.17) is 23.4 Å².